The van der Waals surface area contributed by atoms with E-state index in [1.807, 2.05) is 0 Å². The zero-order valence-corrected chi connectivity index (χ0v) is 13.4. The molecule has 8 heteroatoms. The van der Waals surface area contributed by atoms with Gasteiger partial charge in [-0.05, 0) is 19.1 Å². The van der Waals surface area contributed by atoms with Crippen LogP contribution < -0.4 is 5.73 Å². The number of hydrogen-bond acceptors (Lipinski definition) is 5. The molecule has 23 heavy (non-hydrogen) atoms. The second-order valence-electron chi connectivity index (χ2n) is 5.38. The van der Waals surface area contributed by atoms with Gasteiger partial charge in [0.05, 0.1) is 18.7 Å². The van der Waals surface area contributed by atoms with Gasteiger partial charge in [0.2, 0.25) is 5.91 Å². The zero-order chi connectivity index (χ0) is 16.3. The Hall–Kier alpha value is -2.12. The molecule has 0 spiro atoms. The molecular weight excluding hydrogens is 324 g/mol. The van der Waals surface area contributed by atoms with Gasteiger partial charge in [0.1, 0.15) is 11.6 Å². The molecule has 1 fully saturated rings. The first-order valence-electron chi connectivity index (χ1n) is 6.88. The molecule has 1 aliphatic rings. The van der Waals surface area contributed by atoms with Gasteiger partial charge < -0.3 is 20.5 Å². The highest BCUT2D eigenvalue weighted by molar-refractivity contribution is 5.90. The van der Waals surface area contributed by atoms with Crippen LogP contribution >= 0.6 is 12.4 Å². The molecule has 1 aliphatic heterocycles. The molecule has 3 N–H and O–H groups in total. The number of benzene rings is 1. The number of carboxylic acid groups (broad SMARTS) is 1. The molecule has 2 atom stereocenters. The van der Waals surface area contributed by atoms with Gasteiger partial charge in [-0.2, -0.15) is 0 Å². The molecule has 0 aromatic heterocycles. The number of halogens is 1. The highest BCUT2D eigenvalue weighted by Gasteiger charge is 2.51. The van der Waals surface area contributed by atoms with Crippen molar-refractivity contribution < 1.29 is 24.2 Å². The van der Waals surface area contributed by atoms with Crippen molar-refractivity contribution in [2.45, 2.75) is 25.0 Å². The van der Waals surface area contributed by atoms with E-state index in [4.69, 9.17) is 10.5 Å². The summed E-state index contributed by atoms with van der Waals surface area (Å²) < 4.78 is 5.33. The van der Waals surface area contributed by atoms with E-state index in [-0.39, 0.29) is 31.9 Å². The number of ether oxygens (including phenoxy) is 1. The van der Waals surface area contributed by atoms with Crippen molar-refractivity contribution in [1.29, 1.82) is 0 Å². The number of carboxylic acids is 1. The molecular formula is C15H19ClN2O5. The first-order chi connectivity index (χ1) is 10.4. The summed E-state index contributed by atoms with van der Waals surface area (Å²) in [4.78, 5) is 36.5. The minimum absolute atomic E-state index is 0. The summed E-state index contributed by atoms with van der Waals surface area (Å²) in [5.41, 5.74) is 4.28. The monoisotopic (exact) mass is 342 g/mol. The molecule has 2 rings (SSSR count). The molecule has 126 valence electrons. The number of aliphatic carboxylic acids is 1. The van der Waals surface area contributed by atoms with E-state index in [9.17, 15) is 19.5 Å². The third kappa shape index (κ3) is 3.80. The first kappa shape index (κ1) is 18.9. The van der Waals surface area contributed by atoms with E-state index in [1.165, 1.54) is 6.92 Å². The number of amides is 1. The second-order valence-corrected chi connectivity index (χ2v) is 5.38. The van der Waals surface area contributed by atoms with Crippen molar-refractivity contribution in [3.8, 4) is 0 Å². The Kier molecular flexibility index (Phi) is 6.12. The predicted molar refractivity (Wildman–Crippen MR) is 84.3 cm³/mol. The average molecular weight is 343 g/mol. The lowest BCUT2D eigenvalue weighted by atomic mass is 9.98. The third-order valence-electron chi connectivity index (χ3n) is 3.83. The van der Waals surface area contributed by atoms with Gasteiger partial charge in [-0.1, -0.05) is 18.2 Å². The van der Waals surface area contributed by atoms with E-state index in [2.05, 4.69) is 0 Å². The number of rotatable bonds is 4. The number of likely N-dealkylation sites (tertiary alicyclic amines) is 1. The number of esters is 1. The predicted octanol–water partition coefficient (Wildman–Crippen LogP) is 0.668. The van der Waals surface area contributed by atoms with Gasteiger partial charge in [0.15, 0.2) is 0 Å². The van der Waals surface area contributed by atoms with Gasteiger partial charge in [-0.15, -0.1) is 12.4 Å². The largest absolute Gasteiger partial charge is 0.480 e. The van der Waals surface area contributed by atoms with Crippen LogP contribution in [0.15, 0.2) is 30.3 Å². The van der Waals surface area contributed by atoms with E-state index in [0.29, 0.717) is 5.56 Å². The maximum absolute atomic E-state index is 12.0. The van der Waals surface area contributed by atoms with Crippen LogP contribution in [0, 0.1) is 0 Å². The van der Waals surface area contributed by atoms with Gasteiger partial charge in [0.25, 0.3) is 0 Å². The zero-order valence-electron chi connectivity index (χ0n) is 12.6. The second kappa shape index (κ2) is 7.43. The SMILES string of the molecule is C[C@@]1(C(=O)O)C[C@@H](OC(=O)c2ccccc2)CN1C(=O)CN.Cl. The van der Waals surface area contributed by atoms with E-state index >= 15 is 0 Å². The van der Waals surface area contributed by atoms with Gasteiger partial charge in [-0.25, -0.2) is 9.59 Å². The van der Waals surface area contributed by atoms with Crippen molar-refractivity contribution in [1.82, 2.24) is 4.90 Å². The summed E-state index contributed by atoms with van der Waals surface area (Å²) in [6.45, 7) is 1.17. The Morgan fingerprint density at radius 3 is 2.48 bits per heavy atom. The number of carbonyl (C=O) groups excluding carboxylic acids is 2. The molecule has 0 bridgehead atoms. The van der Waals surface area contributed by atoms with Crippen molar-refractivity contribution in [2.75, 3.05) is 13.1 Å². The summed E-state index contributed by atoms with van der Waals surface area (Å²) in [6.07, 6.45) is -0.642. The summed E-state index contributed by atoms with van der Waals surface area (Å²) >= 11 is 0. The van der Waals surface area contributed by atoms with Gasteiger partial charge in [0, 0.05) is 6.42 Å². The summed E-state index contributed by atoms with van der Waals surface area (Å²) in [5.74, 6) is -2.17. The van der Waals surface area contributed by atoms with E-state index in [0.717, 1.165) is 4.90 Å². The molecule has 0 aliphatic carbocycles. The normalized spacial score (nSPS) is 23.0. The number of nitrogens with zero attached hydrogens (tertiary/aromatic N) is 1. The molecule has 1 aromatic carbocycles. The van der Waals surface area contributed by atoms with Crippen LogP contribution in [0.2, 0.25) is 0 Å². The van der Waals surface area contributed by atoms with Crippen LogP contribution in [0.25, 0.3) is 0 Å². The van der Waals surface area contributed by atoms with Crippen LogP contribution in [0.4, 0.5) is 0 Å². The number of carbonyl (C=O) groups is 3. The van der Waals surface area contributed by atoms with Crippen molar-refractivity contribution in [3.05, 3.63) is 35.9 Å². The number of hydrogen-bond donors (Lipinski definition) is 2. The molecule has 1 saturated heterocycles. The van der Waals surface area contributed by atoms with E-state index in [1.54, 1.807) is 30.3 Å². The van der Waals surface area contributed by atoms with Crippen LogP contribution in [-0.2, 0) is 14.3 Å². The Bertz CT molecular complexity index is 595. The summed E-state index contributed by atoms with van der Waals surface area (Å²) in [6, 6.07) is 8.40. The molecule has 0 saturated carbocycles. The smallest absolute Gasteiger partial charge is 0.338 e. The fourth-order valence-corrected chi connectivity index (χ4v) is 2.59. The number of nitrogens with two attached hydrogens (primary N) is 1. The van der Waals surface area contributed by atoms with E-state index < -0.39 is 29.5 Å². The Morgan fingerprint density at radius 1 is 1.35 bits per heavy atom. The molecule has 0 unspecified atom stereocenters. The lowest BCUT2D eigenvalue weighted by Gasteiger charge is -2.30. The van der Waals surface area contributed by atoms with Crippen molar-refractivity contribution in [2.24, 2.45) is 5.73 Å². The Labute approximate surface area is 139 Å². The molecule has 1 aromatic rings. The fourth-order valence-electron chi connectivity index (χ4n) is 2.59. The standard InChI is InChI=1S/C15H18N2O5.ClH/c1-15(14(20)21)7-11(9-17(15)12(18)8-16)22-13(19)10-5-3-2-4-6-10;/h2-6,11H,7-9,16H2,1H3,(H,20,21);1H/t11-,15+;/m1./s1. The van der Waals surface area contributed by atoms with Crippen molar-refractivity contribution >= 4 is 30.3 Å². The summed E-state index contributed by atoms with van der Waals surface area (Å²) in [7, 11) is 0. The minimum atomic E-state index is -1.42. The maximum atomic E-state index is 12.0. The molecule has 1 heterocycles. The molecule has 7 nitrogen and oxygen atoms in total. The fraction of sp³-hybridized carbons (Fsp3) is 0.400. The quantitative estimate of drug-likeness (QED) is 0.778. The minimum Gasteiger partial charge on any atom is -0.480 e. The van der Waals surface area contributed by atoms with Crippen LogP contribution in [0.5, 0.6) is 0 Å². The highest BCUT2D eigenvalue weighted by atomic mass is 35.5. The molecule has 1 amide bonds. The summed E-state index contributed by atoms with van der Waals surface area (Å²) in [5, 5.41) is 9.38. The maximum Gasteiger partial charge on any atom is 0.338 e. The van der Waals surface area contributed by atoms with Gasteiger partial charge >= 0.3 is 11.9 Å². The molecule has 0 radical (unpaired) electrons. The van der Waals surface area contributed by atoms with Crippen molar-refractivity contribution in [3.63, 3.8) is 0 Å². The van der Waals surface area contributed by atoms with Crippen LogP contribution in [-0.4, -0.2) is 52.6 Å². The van der Waals surface area contributed by atoms with Crippen LogP contribution in [0.1, 0.15) is 23.7 Å². The third-order valence-corrected chi connectivity index (χ3v) is 3.83. The average Bonchev–Trinajstić information content (AvgIpc) is 2.85. The Morgan fingerprint density at radius 2 is 1.96 bits per heavy atom. The lowest BCUT2D eigenvalue weighted by molar-refractivity contribution is -0.154. The highest BCUT2D eigenvalue weighted by Crippen LogP contribution is 2.31. The first-order valence-corrected chi connectivity index (χ1v) is 6.88. The van der Waals surface area contributed by atoms with Gasteiger partial charge in [-0.3, -0.25) is 4.79 Å². The Balaban J connectivity index is 0.00000264. The topological polar surface area (TPSA) is 110 Å². The lowest BCUT2D eigenvalue weighted by Crippen LogP contribution is -2.52. The van der Waals surface area contributed by atoms with Crippen LogP contribution in [0.3, 0.4) is 0 Å².